The maximum absolute atomic E-state index is 13.6. The molecule has 1 N–H and O–H groups in total. The summed E-state index contributed by atoms with van der Waals surface area (Å²) < 4.78 is 22.9. The van der Waals surface area contributed by atoms with Crippen LogP contribution in [-0.4, -0.2) is 60.3 Å². The Bertz CT molecular complexity index is 1620. The minimum absolute atomic E-state index is 0.0260. The van der Waals surface area contributed by atoms with Crippen molar-refractivity contribution in [3.05, 3.63) is 119 Å². The van der Waals surface area contributed by atoms with Crippen LogP contribution in [0.3, 0.4) is 0 Å². The Labute approximate surface area is 268 Å². The van der Waals surface area contributed by atoms with Crippen molar-refractivity contribution in [2.24, 2.45) is 5.92 Å². The van der Waals surface area contributed by atoms with Gasteiger partial charge in [0.05, 0.1) is 19.8 Å². The van der Waals surface area contributed by atoms with Crippen LogP contribution < -0.4 is 0 Å². The average Bonchev–Trinajstić information content (AvgIpc) is 3.69. The van der Waals surface area contributed by atoms with Crippen molar-refractivity contribution in [1.29, 1.82) is 0 Å². The van der Waals surface area contributed by atoms with Gasteiger partial charge in [-0.2, -0.15) is 0 Å². The molecule has 0 aliphatic carbocycles. The van der Waals surface area contributed by atoms with E-state index in [0.29, 0.717) is 31.8 Å². The summed E-state index contributed by atoms with van der Waals surface area (Å²) in [6.07, 6.45) is -0.163. The number of cyclic esters (lactones) is 1. The Balaban J connectivity index is 1.24. The molecule has 9 heteroatoms. The van der Waals surface area contributed by atoms with Gasteiger partial charge in [0, 0.05) is 18.6 Å². The van der Waals surface area contributed by atoms with Gasteiger partial charge in [-0.3, -0.25) is 9.59 Å². The second kappa shape index (κ2) is 15.6. The molecule has 0 unspecified atom stereocenters. The van der Waals surface area contributed by atoms with Crippen LogP contribution in [-0.2, 0) is 32.0 Å². The van der Waals surface area contributed by atoms with Crippen LogP contribution in [0.4, 0.5) is 4.79 Å². The number of carbonyl (C=O) groups excluding carboxylic acids is 3. The molecule has 9 nitrogen and oxygen atoms in total. The third-order valence-corrected chi connectivity index (χ3v) is 7.97. The van der Waals surface area contributed by atoms with Gasteiger partial charge in [-0.1, -0.05) is 90.5 Å². The molecule has 3 atom stereocenters. The molecule has 5 rings (SSSR count). The molecule has 1 aliphatic rings. The van der Waals surface area contributed by atoms with Gasteiger partial charge < -0.3 is 23.7 Å². The monoisotopic (exact) mass is 625 g/mol. The standard InChI is InChI=1S/C37H39NO8/c1-25-11-9-16-29(19-25)31-20-34(35(40)26(2)36(41)38-32(24-45-37(38)42)28-14-7-4-8-15-28)46-33(31)17-10-18-43-23-30(21-39)44-22-27-12-5-3-6-13-27/h3-9,11-16,19-20,26,30,32,39H,10,17-18,21-24H2,1-2H3/t26-,30-,32+/m1/s1. The van der Waals surface area contributed by atoms with E-state index in [9.17, 15) is 19.5 Å². The highest BCUT2D eigenvalue weighted by molar-refractivity contribution is 6.12. The van der Waals surface area contributed by atoms with Gasteiger partial charge in [0.25, 0.3) is 0 Å². The van der Waals surface area contributed by atoms with Crippen molar-refractivity contribution < 1.29 is 38.1 Å². The highest BCUT2D eigenvalue weighted by Crippen LogP contribution is 2.33. The van der Waals surface area contributed by atoms with E-state index >= 15 is 0 Å². The number of rotatable bonds is 15. The minimum Gasteiger partial charge on any atom is -0.457 e. The van der Waals surface area contributed by atoms with Crippen molar-refractivity contribution in [3.63, 3.8) is 0 Å². The van der Waals surface area contributed by atoms with E-state index in [1.165, 1.54) is 6.92 Å². The van der Waals surface area contributed by atoms with Gasteiger partial charge in [0.15, 0.2) is 5.76 Å². The summed E-state index contributed by atoms with van der Waals surface area (Å²) in [4.78, 5) is 40.8. The maximum atomic E-state index is 13.6. The number of aliphatic hydroxyl groups is 1. The first kappa shape index (κ1) is 32.8. The molecule has 1 aliphatic heterocycles. The number of hydrogen-bond acceptors (Lipinski definition) is 8. The fraction of sp³-hybridized carbons (Fsp3) is 0.324. The first-order chi connectivity index (χ1) is 22.4. The molecule has 0 saturated carbocycles. The van der Waals surface area contributed by atoms with Gasteiger partial charge in [0.1, 0.15) is 30.4 Å². The summed E-state index contributed by atoms with van der Waals surface area (Å²) in [7, 11) is 0. The number of hydrogen-bond donors (Lipinski definition) is 1. The molecule has 3 aromatic carbocycles. The summed E-state index contributed by atoms with van der Waals surface area (Å²) in [6.45, 7) is 4.33. The number of nitrogens with zero attached hydrogens (tertiary/aromatic N) is 1. The number of ketones is 1. The number of ether oxygens (including phenoxy) is 3. The Morgan fingerprint density at radius 3 is 2.46 bits per heavy atom. The Kier molecular flexibility index (Phi) is 11.1. The normalized spacial score (nSPS) is 15.8. The van der Waals surface area contributed by atoms with E-state index < -0.39 is 35.8 Å². The average molecular weight is 626 g/mol. The highest BCUT2D eigenvalue weighted by Gasteiger charge is 2.43. The lowest BCUT2D eigenvalue weighted by Gasteiger charge is -2.22. The molecule has 2 amide bonds. The van der Waals surface area contributed by atoms with Crippen molar-refractivity contribution >= 4 is 17.8 Å². The number of aryl methyl sites for hydroxylation is 2. The Morgan fingerprint density at radius 2 is 1.74 bits per heavy atom. The summed E-state index contributed by atoms with van der Waals surface area (Å²) >= 11 is 0. The largest absolute Gasteiger partial charge is 0.457 e. The van der Waals surface area contributed by atoms with Crippen LogP contribution in [0, 0.1) is 12.8 Å². The third-order valence-electron chi connectivity index (χ3n) is 7.97. The van der Waals surface area contributed by atoms with E-state index in [2.05, 4.69) is 0 Å². The first-order valence-corrected chi connectivity index (χ1v) is 15.5. The van der Waals surface area contributed by atoms with Gasteiger partial charge in [-0.15, -0.1) is 0 Å². The number of amides is 2. The lowest BCUT2D eigenvalue weighted by molar-refractivity contribution is -0.131. The molecule has 0 radical (unpaired) electrons. The summed E-state index contributed by atoms with van der Waals surface area (Å²) in [6, 6.07) is 27.8. The van der Waals surface area contributed by atoms with Crippen molar-refractivity contribution in [1.82, 2.24) is 4.90 Å². The SMILES string of the molecule is Cc1cccc(-c2cc(C(=O)[C@@H](C)C(=O)N3C(=O)OC[C@H]3c3ccccc3)oc2CCCOC[C@@H](CO)OCc2ccccc2)c1. The second-order valence-corrected chi connectivity index (χ2v) is 11.4. The maximum Gasteiger partial charge on any atom is 0.417 e. The van der Waals surface area contributed by atoms with Crippen molar-refractivity contribution in [3.8, 4) is 11.1 Å². The fourth-order valence-electron chi connectivity index (χ4n) is 5.40. The van der Waals surface area contributed by atoms with E-state index in [1.54, 1.807) is 6.07 Å². The molecule has 0 spiro atoms. The summed E-state index contributed by atoms with van der Waals surface area (Å²) in [5, 5.41) is 9.71. The van der Waals surface area contributed by atoms with Gasteiger partial charge in [-0.25, -0.2) is 9.69 Å². The molecule has 240 valence electrons. The number of carbonyl (C=O) groups is 3. The van der Waals surface area contributed by atoms with Crippen molar-refractivity contribution in [2.45, 2.75) is 45.4 Å². The zero-order valence-corrected chi connectivity index (χ0v) is 26.1. The van der Waals surface area contributed by atoms with Crippen LogP contribution in [0.1, 0.15) is 52.4 Å². The molecule has 46 heavy (non-hydrogen) atoms. The molecular weight excluding hydrogens is 586 g/mol. The quantitative estimate of drug-likeness (QED) is 0.0927. The number of aliphatic hydroxyl groups excluding tert-OH is 1. The molecular formula is C37H39NO8. The Hall–Kier alpha value is -4.57. The minimum atomic E-state index is -1.17. The van der Waals surface area contributed by atoms with Crippen LogP contribution in [0.5, 0.6) is 0 Å². The molecule has 1 saturated heterocycles. The molecule has 1 fully saturated rings. The molecule has 2 heterocycles. The number of benzene rings is 3. The Morgan fingerprint density at radius 1 is 1.00 bits per heavy atom. The second-order valence-electron chi connectivity index (χ2n) is 11.4. The smallest absolute Gasteiger partial charge is 0.417 e. The summed E-state index contributed by atoms with van der Waals surface area (Å²) in [5.74, 6) is -1.69. The fourth-order valence-corrected chi connectivity index (χ4v) is 5.40. The highest BCUT2D eigenvalue weighted by atomic mass is 16.6. The molecule has 4 aromatic rings. The van der Waals surface area contributed by atoms with E-state index in [-0.39, 0.29) is 25.6 Å². The predicted molar refractivity (Wildman–Crippen MR) is 171 cm³/mol. The van der Waals surface area contributed by atoms with Crippen LogP contribution in [0.15, 0.2) is 95.4 Å². The number of furan rings is 1. The third kappa shape index (κ3) is 7.98. The van der Waals surface area contributed by atoms with Crippen molar-refractivity contribution in [2.75, 3.05) is 26.4 Å². The van der Waals surface area contributed by atoms with Crippen LogP contribution in [0.25, 0.3) is 11.1 Å². The first-order valence-electron chi connectivity index (χ1n) is 15.5. The number of imide groups is 1. The van der Waals surface area contributed by atoms with Gasteiger partial charge >= 0.3 is 6.09 Å². The lowest BCUT2D eigenvalue weighted by Crippen LogP contribution is -2.40. The molecule has 0 bridgehead atoms. The zero-order chi connectivity index (χ0) is 32.5. The van der Waals surface area contributed by atoms with E-state index in [1.807, 2.05) is 91.9 Å². The van der Waals surface area contributed by atoms with Crippen LogP contribution in [0.2, 0.25) is 0 Å². The van der Waals surface area contributed by atoms with E-state index in [4.69, 9.17) is 18.6 Å². The zero-order valence-electron chi connectivity index (χ0n) is 26.1. The number of Topliss-reactive ketones (excluding diaryl/α,β-unsaturated/α-hetero) is 1. The topological polar surface area (TPSA) is 116 Å². The lowest BCUT2D eigenvalue weighted by atomic mass is 9.98. The van der Waals surface area contributed by atoms with Crippen LogP contribution >= 0.6 is 0 Å². The van der Waals surface area contributed by atoms with E-state index in [0.717, 1.165) is 32.7 Å². The summed E-state index contributed by atoms with van der Waals surface area (Å²) in [5.41, 5.74) is 4.46. The van der Waals surface area contributed by atoms with Gasteiger partial charge in [0.2, 0.25) is 11.7 Å². The molecule has 1 aromatic heterocycles. The predicted octanol–water partition coefficient (Wildman–Crippen LogP) is 6.32. The van der Waals surface area contributed by atoms with Gasteiger partial charge in [-0.05, 0) is 43.0 Å².